The SMILES string of the molecule is C#CC(C)(C)NCc1cc(=O)n2ccccc2n1. The Hall–Kier alpha value is -2.12. The summed E-state index contributed by atoms with van der Waals surface area (Å²) in [6, 6.07) is 6.98. The summed E-state index contributed by atoms with van der Waals surface area (Å²) < 4.78 is 1.51. The molecule has 18 heavy (non-hydrogen) atoms. The van der Waals surface area contributed by atoms with Crippen LogP contribution in [0.15, 0.2) is 35.3 Å². The van der Waals surface area contributed by atoms with Gasteiger partial charge in [-0.1, -0.05) is 12.0 Å². The summed E-state index contributed by atoms with van der Waals surface area (Å²) in [7, 11) is 0. The maximum atomic E-state index is 11.8. The highest BCUT2D eigenvalue weighted by Gasteiger charge is 2.13. The number of nitrogens with zero attached hydrogens (tertiary/aromatic N) is 2. The fraction of sp³-hybridized carbons (Fsp3) is 0.286. The van der Waals surface area contributed by atoms with Gasteiger partial charge in [0, 0.05) is 18.8 Å². The highest BCUT2D eigenvalue weighted by molar-refractivity contribution is 5.38. The third-order valence-corrected chi connectivity index (χ3v) is 2.70. The van der Waals surface area contributed by atoms with Crippen LogP contribution in [0.2, 0.25) is 0 Å². The minimum absolute atomic E-state index is 0.0871. The Morgan fingerprint density at radius 2 is 2.28 bits per heavy atom. The molecule has 0 saturated heterocycles. The molecule has 2 heterocycles. The molecule has 2 rings (SSSR count). The first-order valence-electron chi connectivity index (χ1n) is 5.72. The predicted molar refractivity (Wildman–Crippen MR) is 71.2 cm³/mol. The molecule has 92 valence electrons. The van der Waals surface area contributed by atoms with Crippen molar-refractivity contribution in [3.05, 3.63) is 46.5 Å². The lowest BCUT2D eigenvalue weighted by molar-refractivity contribution is 0.486. The van der Waals surface area contributed by atoms with E-state index in [1.54, 1.807) is 18.3 Å². The number of rotatable bonds is 3. The van der Waals surface area contributed by atoms with Crippen molar-refractivity contribution in [3.8, 4) is 12.3 Å². The molecule has 0 radical (unpaired) electrons. The van der Waals surface area contributed by atoms with Crippen LogP contribution in [0.5, 0.6) is 0 Å². The zero-order chi connectivity index (χ0) is 13.2. The van der Waals surface area contributed by atoms with Crippen LogP contribution < -0.4 is 10.9 Å². The largest absolute Gasteiger partial charge is 0.296 e. The van der Waals surface area contributed by atoms with Crippen molar-refractivity contribution in [2.75, 3.05) is 0 Å². The van der Waals surface area contributed by atoms with Crippen molar-refractivity contribution in [2.45, 2.75) is 25.9 Å². The first kappa shape index (κ1) is 12.3. The molecule has 2 aromatic rings. The van der Waals surface area contributed by atoms with E-state index in [-0.39, 0.29) is 5.56 Å². The van der Waals surface area contributed by atoms with Gasteiger partial charge >= 0.3 is 0 Å². The minimum Gasteiger partial charge on any atom is -0.296 e. The second-order valence-electron chi connectivity index (χ2n) is 4.64. The Morgan fingerprint density at radius 3 is 3.00 bits per heavy atom. The topological polar surface area (TPSA) is 46.4 Å². The molecule has 0 aliphatic rings. The fourth-order valence-electron chi connectivity index (χ4n) is 1.56. The molecule has 2 aromatic heterocycles. The smallest absolute Gasteiger partial charge is 0.258 e. The summed E-state index contributed by atoms with van der Waals surface area (Å²) in [5.41, 5.74) is 0.828. The van der Waals surface area contributed by atoms with E-state index < -0.39 is 5.54 Å². The molecule has 1 N–H and O–H groups in total. The molecule has 0 amide bonds. The summed E-state index contributed by atoms with van der Waals surface area (Å²) in [4.78, 5) is 16.3. The molecule has 0 saturated carbocycles. The van der Waals surface area contributed by atoms with Crippen LogP contribution in [0.25, 0.3) is 5.65 Å². The monoisotopic (exact) mass is 241 g/mol. The van der Waals surface area contributed by atoms with Crippen molar-refractivity contribution >= 4 is 5.65 Å². The van der Waals surface area contributed by atoms with Crippen LogP contribution in [0.4, 0.5) is 0 Å². The van der Waals surface area contributed by atoms with E-state index in [0.29, 0.717) is 17.9 Å². The van der Waals surface area contributed by atoms with Crippen LogP contribution in [0.3, 0.4) is 0 Å². The van der Waals surface area contributed by atoms with Crippen LogP contribution in [-0.2, 0) is 6.54 Å². The standard InChI is InChI=1S/C14H15N3O/c1-4-14(2,3)15-10-11-9-13(18)17-8-6-5-7-12(17)16-11/h1,5-9,15H,10H2,2-3H3. The first-order valence-corrected chi connectivity index (χ1v) is 5.72. The molecule has 0 atom stereocenters. The van der Waals surface area contributed by atoms with Gasteiger partial charge in [-0.15, -0.1) is 6.42 Å². The van der Waals surface area contributed by atoms with Crippen molar-refractivity contribution in [1.29, 1.82) is 0 Å². The third-order valence-electron chi connectivity index (χ3n) is 2.70. The average Bonchev–Trinajstić information content (AvgIpc) is 2.37. The second kappa shape index (κ2) is 4.63. The zero-order valence-corrected chi connectivity index (χ0v) is 10.5. The molecular weight excluding hydrogens is 226 g/mol. The highest BCUT2D eigenvalue weighted by Crippen LogP contribution is 2.03. The fourth-order valence-corrected chi connectivity index (χ4v) is 1.56. The van der Waals surface area contributed by atoms with Gasteiger partial charge in [0.1, 0.15) is 5.65 Å². The molecular formula is C14H15N3O. The lowest BCUT2D eigenvalue weighted by Crippen LogP contribution is -2.37. The quantitative estimate of drug-likeness (QED) is 0.821. The number of pyridine rings is 1. The van der Waals surface area contributed by atoms with E-state index in [1.165, 1.54) is 10.5 Å². The van der Waals surface area contributed by atoms with Gasteiger partial charge in [-0.05, 0) is 26.0 Å². The lowest BCUT2D eigenvalue weighted by atomic mass is 10.1. The normalized spacial score (nSPS) is 11.4. The van der Waals surface area contributed by atoms with Gasteiger partial charge in [0.2, 0.25) is 0 Å². The Balaban J connectivity index is 2.31. The van der Waals surface area contributed by atoms with Crippen molar-refractivity contribution in [3.63, 3.8) is 0 Å². The van der Waals surface area contributed by atoms with E-state index in [2.05, 4.69) is 16.2 Å². The zero-order valence-electron chi connectivity index (χ0n) is 10.5. The minimum atomic E-state index is -0.413. The maximum absolute atomic E-state index is 11.8. The molecule has 0 fully saturated rings. The van der Waals surface area contributed by atoms with E-state index in [4.69, 9.17) is 6.42 Å². The number of fused-ring (bicyclic) bond motifs is 1. The number of hydrogen-bond donors (Lipinski definition) is 1. The number of nitrogens with one attached hydrogen (secondary N) is 1. The third kappa shape index (κ3) is 2.58. The van der Waals surface area contributed by atoms with Gasteiger partial charge in [0.05, 0.1) is 11.2 Å². The molecule has 0 aliphatic carbocycles. The molecule has 4 nitrogen and oxygen atoms in total. The Labute approximate surface area is 106 Å². The summed E-state index contributed by atoms with van der Waals surface area (Å²) in [5.74, 6) is 2.64. The molecule has 0 aromatic carbocycles. The average molecular weight is 241 g/mol. The van der Waals surface area contributed by atoms with Crippen molar-refractivity contribution < 1.29 is 0 Å². The van der Waals surface area contributed by atoms with Crippen LogP contribution >= 0.6 is 0 Å². The van der Waals surface area contributed by atoms with Gasteiger partial charge in [-0.25, -0.2) is 4.98 Å². The van der Waals surface area contributed by atoms with Gasteiger partial charge in [0.15, 0.2) is 0 Å². The predicted octanol–water partition coefficient (Wildman–Crippen LogP) is 1.20. The van der Waals surface area contributed by atoms with Gasteiger partial charge < -0.3 is 0 Å². The van der Waals surface area contributed by atoms with Gasteiger partial charge in [-0.2, -0.15) is 0 Å². The Bertz CT molecular complexity index is 665. The maximum Gasteiger partial charge on any atom is 0.258 e. The van der Waals surface area contributed by atoms with Gasteiger partial charge in [0.25, 0.3) is 5.56 Å². The van der Waals surface area contributed by atoms with Gasteiger partial charge in [-0.3, -0.25) is 14.5 Å². The summed E-state index contributed by atoms with van der Waals surface area (Å²) in [6.45, 7) is 4.28. The summed E-state index contributed by atoms with van der Waals surface area (Å²) >= 11 is 0. The summed E-state index contributed by atoms with van der Waals surface area (Å²) in [6.07, 6.45) is 7.09. The molecule has 0 aliphatic heterocycles. The molecule has 4 heteroatoms. The van der Waals surface area contributed by atoms with Crippen LogP contribution in [-0.4, -0.2) is 14.9 Å². The van der Waals surface area contributed by atoms with Crippen molar-refractivity contribution in [2.24, 2.45) is 0 Å². The number of terminal acetylenes is 1. The number of hydrogen-bond acceptors (Lipinski definition) is 3. The second-order valence-corrected chi connectivity index (χ2v) is 4.64. The Kier molecular flexibility index (Phi) is 3.17. The Morgan fingerprint density at radius 1 is 1.50 bits per heavy atom. The van der Waals surface area contributed by atoms with Crippen LogP contribution in [0.1, 0.15) is 19.5 Å². The van der Waals surface area contributed by atoms with E-state index in [9.17, 15) is 4.79 Å². The van der Waals surface area contributed by atoms with Crippen LogP contribution in [0, 0.1) is 12.3 Å². The molecule has 0 unspecified atom stereocenters. The lowest BCUT2D eigenvalue weighted by Gasteiger charge is -2.19. The highest BCUT2D eigenvalue weighted by atomic mass is 16.1. The number of aromatic nitrogens is 2. The van der Waals surface area contributed by atoms with Crippen molar-refractivity contribution in [1.82, 2.24) is 14.7 Å². The molecule has 0 spiro atoms. The summed E-state index contributed by atoms with van der Waals surface area (Å²) in [5, 5.41) is 3.17. The molecule has 0 bridgehead atoms. The van der Waals surface area contributed by atoms with E-state index in [0.717, 1.165) is 0 Å². The first-order chi connectivity index (χ1) is 8.52. The van der Waals surface area contributed by atoms with E-state index in [1.807, 2.05) is 19.9 Å². The van der Waals surface area contributed by atoms with E-state index >= 15 is 0 Å².